The summed E-state index contributed by atoms with van der Waals surface area (Å²) in [7, 11) is -0.571. The van der Waals surface area contributed by atoms with E-state index in [4.69, 9.17) is 4.42 Å². The van der Waals surface area contributed by atoms with Gasteiger partial charge < -0.3 is 14.5 Å². The largest absolute Gasteiger partial charge is 0.463 e. The van der Waals surface area contributed by atoms with Crippen LogP contribution >= 0.6 is 0 Å². The lowest BCUT2D eigenvalue weighted by atomic mass is 10.1. The van der Waals surface area contributed by atoms with Crippen LogP contribution in [0.15, 0.2) is 15.4 Å². The highest BCUT2D eigenvalue weighted by atomic mass is 32.2. The molecule has 7 nitrogen and oxygen atoms in total. The van der Waals surface area contributed by atoms with Gasteiger partial charge in [-0.25, -0.2) is 13.2 Å². The molecule has 0 amide bonds. The smallest absolute Gasteiger partial charge is 0.373 e. The molecule has 0 radical (unpaired) electrons. The van der Waals surface area contributed by atoms with E-state index in [0.717, 1.165) is 13.0 Å². The lowest BCUT2D eigenvalue weighted by molar-refractivity contribution is 0.0563. The van der Waals surface area contributed by atoms with Crippen LogP contribution in [-0.2, 0) is 14.8 Å². The summed E-state index contributed by atoms with van der Waals surface area (Å²) in [5, 5.41) is 3.06. The normalized spacial score (nSPS) is 19.9. The van der Waals surface area contributed by atoms with Crippen LogP contribution in [0.4, 0.5) is 0 Å². The molecular weight excluding hydrogens is 296 g/mol. The monoisotopic (exact) mass is 316 g/mol. The molecule has 1 aromatic heterocycles. The fourth-order valence-corrected chi connectivity index (χ4v) is 4.22. The Hall–Kier alpha value is -1.38. The third-order valence-corrected chi connectivity index (χ3v) is 5.59. The minimum Gasteiger partial charge on any atom is -0.463 e. The molecular formula is C13H20N2O5S. The second-order valence-corrected chi connectivity index (χ2v) is 7.00. The predicted molar refractivity (Wildman–Crippen MR) is 75.6 cm³/mol. The van der Waals surface area contributed by atoms with E-state index in [9.17, 15) is 13.2 Å². The van der Waals surface area contributed by atoms with E-state index in [1.54, 1.807) is 0 Å². The number of carbonyl (C=O) groups is 1. The molecule has 2 heterocycles. The third kappa shape index (κ3) is 3.12. The van der Waals surface area contributed by atoms with Crippen LogP contribution in [-0.4, -0.2) is 52.5 Å². The Labute approximate surface area is 124 Å². The Kier molecular flexibility index (Phi) is 4.70. The van der Waals surface area contributed by atoms with Gasteiger partial charge in [-0.15, -0.1) is 0 Å². The van der Waals surface area contributed by atoms with Crippen LogP contribution in [0.3, 0.4) is 0 Å². The molecule has 0 aromatic carbocycles. The summed E-state index contributed by atoms with van der Waals surface area (Å²) >= 11 is 0. The van der Waals surface area contributed by atoms with Gasteiger partial charge in [0.15, 0.2) is 0 Å². The Balaban J connectivity index is 2.24. The van der Waals surface area contributed by atoms with Crippen LogP contribution in [0.25, 0.3) is 0 Å². The van der Waals surface area contributed by atoms with Crippen molar-refractivity contribution >= 4 is 16.0 Å². The molecule has 1 aliphatic rings. The predicted octanol–water partition coefficient (Wildman–Crippen LogP) is 0.605. The summed E-state index contributed by atoms with van der Waals surface area (Å²) in [6, 6.07) is 1.24. The number of carbonyl (C=O) groups excluding carboxylic acids is 1. The first-order valence-electron chi connectivity index (χ1n) is 6.73. The molecule has 1 saturated heterocycles. The van der Waals surface area contributed by atoms with E-state index in [1.165, 1.54) is 24.4 Å². The summed E-state index contributed by atoms with van der Waals surface area (Å²) in [6.07, 6.45) is 0.820. The van der Waals surface area contributed by atoms with E-state index in [1.807, 2.05) is 7.05 Å². The Morgan fingerprint density at radius 2 is 2.29 bits per heavy atom. The maximum Gasteiger partial charge on any atom is 0.373 e. The molecule has 21 heavy (non-hydrogen) atoms. The number of nitrogens with one attached hydrogen (secondary N) is 1. The van der Waals surface area contributed by atoms with Gasteiger partial charge in [-0.2, -0.15) is 4.31 Å². The van der Waals surface area contributed by atoms with Crippen molar-refractivity contribution in [1.29, 1.82) is 0 Å². The molecule has 1 atom stereocenters. The summed E-state index contributed by atoms with van der Waals surface area (Å²) in [6.45, 7) is 3.26. The molecule has 118 valence electrons. The number of sulfonamides is 1. The van der Waals surface area contributed by atoms with Crippen LogP contribution in [0.5, 0.6) is 0 Å². The van der Waals surface area contributed by atoms with Gasteiger partial charge in [-0.05, 0) is 32.9 Å². The zero-order valence-corrected chi connectivity index (χ0v) is 13.2. The van der Waals surface area contributed by atoms with Crippen molar-refractivity contribution in [3.8, 4) is 0 Å². The van der Waals surface area contributed by atoms with Crippen molar-refractivity contribution in [3.05, 3.63) is 17.6 Å². The van der Waals surface area contributed by atoms with Gasteiger partial charge in [-0.3, -0.25) is 0 Å². The van der Waals surface area contributed by atoms with Crippen molar-refractivity contribution in [1.82, 2.24) is 9.62 Å². The molecule has 0 aliphatic carbocycles. The number of nitrogens with zero attached hydrogens (tertiary/aromatic N) is 1. The number of aryl methyl sites for hydroxylation is 1. The average molecular weight is 316 g/mol. The molecule has 2 rings (SSSR count). The second-order valence-electron chi connectivity index (χ2n) is 5.10. The van der Waals surface area contributed by atoms with Gasteiger partial charge in [0.1, 0.15) is 10.7 Å². The second kappa shape index (κ2) is 6.17. The highest BCUT2D eigenvalue weighted by Crippen LogP contribution is 2.28. The van der Waals surface area contributed by atoms with Crippen molar-refractivity contribution in [3.63, 3.8) is 0 Å². The summed E-state index contributed by atoms with van der Waals surface area (Å²) in [5.41, 5.74) is 0. The molecule has 0 saturated carbocycles. The number of hydrogen-bond donors (Lipinski definition) is 1. The molecule has 1 fully saturated rings. The van der Waals surface area contributed by atoms with E-state index in [-0.39, 0.29) is 16.4 Å². The molecule has 1 N–H and O–H groups in total. The SMILES string of the molecule is CNCC1CCN(S(=O)(=O)c2cc(C(=O)OC)oc2C)C1. The number of rotatable bonds is 5. The highest BCUT2D eigenvalue weighted by molar-refractivity contribution is 7.89. The number of methoxy groups -OCH3 is 1. The van der Waals surface area contributed by atoms with Gasteiger partial charge in [-0.1, -0.05) is 0 Å². The van der Waals surface area contributed by atoms with Crippen LogP contribution < -0.4 is 5.32 Å². The first kappa shape index (κ1) is 16.0. The lowest BCUT2D eigenvalue weighted by Gasteiger charge is -2.15. The first-order chi connectivity index (χ1) is 9.90. The van der Waals surface area contributed by atoms with Gasteiger partial charge in [0.2, 0.25) is 15.8 Å². The molecule has 1 aliphatic heterocycles. The number of hydrogen-bond acceptors (Lipinski definition) is 6. The zero-order chi connectivity index (χ0) is 15.6. The lowest BCUT2D eigenvalue weighted by Crippen LogP contribution is -2.30. The number of ether oxygens (including phenoxy) is 1. The summed E-state index contributed by atoms with van der Waals surface area (Å²) in [4.78, 5) is 11.5. The van der Waals surface area contributed by atoms with Crippen molar-refractivity contribution in [2.24, 2.45) is 5.92 Å². The van der Waals surface area contributed by atoms with Crippen molar-refractivity contribution < 1.29 is 22.4 Å². The van der Waals surface area contributed by atoms with E-state index in [0.29, 0.717) is 19.0 Å². The fourth-order valence-electron chi connectivity index (χ4n) is 2.53. The van der Waals surface area contributed by atoms with Crippen LogP contribution in [0, 0.1) is 12.8 Å². The average Bonchev–Trinajstić information content (AvgIpc) is 3.05. The van der Waals surface area contributed by atoms with Crippen LogP contribution in [0.2, 0.25) is 0 Å². The standard InChI is InChI=1S/C13H20N2O5S/c1-9-12(6-11(20-9)13(16)19-3)21(17,18)15-5-4-10(8-15)7-14-2/h6,10,14H,4-5,7-8H2,1-3H3. The first-order valence-corrected chi connectivity index (χ1v) is 8.17. The Morgan fingerprint density at radius 1 is 1.57 bits per heavy atom. The summed E-state index contributed by atoms with van der Waals surface area (Å²) < 4.78 is 36.4. The highest BCUT2D eigenvalue weighted by Gasteiger charge is 2.35. The quantitative estimate of drug-likeness (QED) is 0.801. The molecule has 1 aromatic rings. The molecule has 0 spiro atoms. The molecule has 1 unspecified atom stereocenters. The van der Waals surface area contributed by atoms with Crippen LogP contribution in [0.1, 0.15) is 22.7 Å². The van der Waals surface area contributed by atoms with Gasteiger partial charge >= 0.3 is 5.97 Å². The minimum absolute atomic E-state index is 0.0352. The Morgan fingerprint density at radius 3 is 2.90 bits per heavy atom. The molecule has 0 bridgehead atoms. The van der Waals surface area contributed by atoms with Crippen molar-refractivity contribution in [2.75, 3.05) is 33.8 Å². The maximum atomic E-state index is 12.6. The minimum atomic E-state index is -3.64. The molecule has 8 heteroatoms. The number of esters is 1. The van der Waals surface area contributed by atoms with Gasteiger partial charge in [0.05, 0.1) is 7.11 Å². The maximum absolute atomic E-state index is 12.6. The fraction of sp³-hybridized carbons (Fsp3) is 0.615. The Bertz CT molecular complexity index is 623. The number of furan rings is 1. The van der Waals surface area contributed by atoms with E-state index >= 15 is 0 Å². The van der Waals surface area contributed by atoms with Gasteiger partial charge in [0.25, 0.3) is 0 Å². The zero-order valence-electron chi connectivity index (χ0n) is 12.4. The van der Waals surface area contributed by atoms with Gasteiger partial charge in [0, 0.05) is 19.2 Å². The van der Waals surface area contributed by atoms with E-state index < -0.39 is 16.0 Å². The summed E-state index contributed by atoms with van der Waals surface area (Å²) in [5.74, 6) is -0.280. The van der Waals surface area contributed by atoms with E-state index in [2.05, 4.69) is 10.1 Å². The third-order valence-electron chi connectivity index (χ3n) is 3.62. The topological polar surface area (TPSA) is 88.9 Å². The van der Waals surface area contributed by atoms with Crippen molar-refractivity contribution in [2.45, 2.75) is 18.2 Å².